The maximum Gasteiger partial charge on any atom is 0.0662 e. The minimum absolute atomic E-state index is 0.499. The molecule has 1 rings (SSSR count). The molecule has 1 aromatic heterocycles. The number of rotatable bonds is 4. The van der Waals surface area contributed by atoms with Gasteiger partial charge in [-0.1, -0.05) is 19.9 Å². The number of aromatic nitrogens is 1. The fourth-order valence-corrected chi connectivity index (χ4v) is 1.58. The molecule has 1 heterocycles. The standard InChI is InChI=1S/C13H20N4/c1-9(2)6-10(3)13-7-11(4-5-16-13)12(14)8-17-15/h4-9,17H,14-15H2,1-3H3/b10-6+,12-8-. The second kappa shape index (κ2) is 6.06. The molecule has 5 N–H and O–H groups in total. The lowest BCUT2D eigenvalue weighted by atomic mass is 10.1. The quantitative estimate of drug-likeness (QED) is 0.547. The summed E-state index contributed by atoms with van der Waals surface area (Å²) in [5.74, 6) is 5.70. The lowest BCUT2D eigenvalue weighted by Gasteiger charge is -2.06. The lowest BCUT2D eigenvalue weighted by Crippen LogP contribution is -2.16. The van der Waals surface area contributed by atoms with Crippen molar-refractivity contribution in [2.24, 2.45) is 17.5 Å². The van der Waals surface area contributed by atoms with Crippen LogP contribution in [-0.4, -0.2) is 4.98 Å². The molecule has 0 aliphatic heterocycles. The number of hydrogen-bond acceptors (Lipinski definition) is 4. The van der Waals surface area contributed by atoms with Crippen molar-refractivity contribution in [1.82, 2.24) is 10.4 Å². The summed E-state index contributed by atoms with van der Waals surface area (Å²) in [5, 5.41) is 0. The Kier molecular flexibility index (Phi) is 4.72. The Hall–Kier alpha value is -1.81. The second-order valence-electron chi connectivity index (χ2n) is 4.29. The van der Waals surface area contributed by atoms with Gasteiger partial charge < -0.3 is 11.2 Å². The Morgan fingerprint density at radius 3 is 2.76 bits per heavy atom. The molecule has 0 saturated heterocycles. The summed E-state index contributed by atoms with van der Waals surface area (Å²) in [4.78, 5) is 4.33. The third-order valence-corrected chi connectivity index (χ3v) is 2.32. The highest BCUT2D eigenvalue weighted by atomic mass is 15.2. The van der Waals surface area contributed by atoms with Crippen LogP contribution >= 0.6 is 0 Å². The monoisotopic (exact) mass is 232 g/mol. The molecule has 17 heavy (non-hydrogen) atoms. The zero-order chi connectivity index (χ0) is 12.8. The summed E-state index contributed by atoms with van der Waals surface area (Å²) in [6, 6.07) is 3.81. The van der Waals surface area contributed by atoms with Crippen molar-refractivity contribution in [1.29, 1.82) is 0 Å². The Balaban J connectivity index is 3.05. The molecule has 0 amide bonds. The van der Waals surface area contributed by atoms with Crippen LogP contribution in [0.2, 0.25) is 0 Å². The van der Waals surface area contributed by atoms with Crippen LogP contribution in [0.3, 0.4) is 0 Å². The van der Waals surface area contributed by atoms with E-state index in [1.807, 2.05) is 19.1 Å². The van der Waals surface area contributed by atoms with Gasteiger partial charge in [0.15, 0.2) is 0 Å². The molecule has 0 spiro atoms. The summed E-state index contributed by atoms with van der Waals surface area (Å²) >= 11 is 0. The van der Waals surface area contributed by atoms with Gasteiger partial charge in [0.25, 0.3) is 0 Å². The van der Waals surface area contributed by atoms with Crippen molar-refractivity contribution in [3.63, 3.8) is 0 Å². The average molecular weight is 232 g/mol. The average Bonchev–Trinajstić information content (AvgIpc) is 2.28. The van der Waals surface area contributed by atoms with E-state index in [1.165, 1.54) is 0 Å². The predicted molar refractivity (Wildman–Crippen MR) is 72.2 cm³/mol. The SMILES string of the molecule is C/C(=C\C(C)C)c1cc(/C(N)=C/NN)ccn1. The summed E-state index contributed by atoms with van der Waals surface area (Å²) in [5.41, 5.74) is 11.9. The number of hydrogen-bond donors (Lipinski definition) is 3. The molecule has 0 unspecified atom stereocenters. The molecule has 0 fully saturated rings. The van der Waals surface area contributed by atoms with Crippen LogP contribution in [0, 0.1) is 5.92 Å². The summed E-state index contributed by atoms with van der Waals surface area (Å²) in [6.07, 6.45) is 5.48. The van der Waals surface area contributed by atoms with E-state index in [4.69, 9.17) is 11.6 Å². The topological polar surface area (TPSA) is 77.0 Å². The van der Waals surface area contributed by atoms with Crippen molar-refractivity contribution >= 4 is 11.3 Å². The number of pyridine rings is 1. The van der Waals surface area contributed by atoms with Crippen LogP contribution in [-0.2, 0) is 0 Å². The van der Waals surface area contributed by atoms with Gasteiger partial charge in [-0.3, -0.25) is 10.8 Å². The predicted octanol–water partition coefficient (Wildman–Crippen LogP) is 1.86. The number of nitrogens with two attached hydrogens (primary N) is 2. The van der Waals surface area contributed by atoms with E-state index in [0.29, 0.717) is 11.6 Å². The second-order valence-corrected chi connectivity index (χ2v) is 4.29. The minimum Gasteiger partial charge on any atom is -0.397 e. The van der Waals surface area contributed by atoms with Crippen molar-refractivity contribution in [3.8, 4) is 0 Å². The van der Waals surface area contributed by atoms with Crippen LogP contribution in [0.15, 0.2) is 30.6 Å². The van der Waals surface area contributed by atoms with Crippen molar-refractivity contribution < 1.29 is 0 Å². The van der Waals surface area contributed by atoms with Crippen LogP contribution in [0.1, 0.15) is 32.0 Å². The highest BCUT2D eigenvalue weighted by Crippen LogP contribution is 2.17. The molecule has 0 aromatic carbocycles. The van der Waals surface area contributed by atoms with Gasteiger partial charge in [0.1, 0.15) is 0 Å². The van der Waals surface area contributed by atoms with Crippen LogP contribution in [0.25, 0.3) is 11.3 Å². The van der Waals surface area contributed by atoms with E-state index in [2.05, 4.69) is 30.3 Å². The molecular weight excluding hydrogens is 212 g/mol. The van der Waals surface area contributed by atoms with Gasteiger partial charge in [-0.25, -0.2) is 0 Å². The van der Waals surface area contributed by atoms with Gasteiger partial charge in [0.05, 0.1) is 11.4 Å². The third-order valence-electron chi connectivity index (χ3n) is 2.32. The Bertz CT molecular complexity index is 433. The first-order valence-corrected chi connectivity index (χ1v) is 5.61. The highest BCUT2D eigenvalue weighted by Gasteiger charge is 2.02. The van der Waals surface area contributed by atoms with Gasteiger partial charge in [0.2, 0.25) is 0 Å². The molecule has 0 bridgehead atoms. The molecule has 92 valence electrons. The smallest absolute Gasteiger partial charge is 0.0662 e. The van der Waals surface area contributed by atoms with Crippen molar-refractivity contribution in [3.05, 3.63) is 41.9 Å². The van der Waals surface area contributed by atoms with E-state index >= 15 is 0 Å². The van der Waals surface area contributed by atoms with Crippen LogP contribution < -0.4 is 17.0 Å². The van der Waals surface area contributed by atoms with E-state index in [-0.39, 0.29) is 0 Å². The molecule has 4 nitrogen and oxygen atoms in total. The fourth-order valence-electron chi connectivity index (χ4n) is 1.58. The van der Waals surface area contributed by atoms with Crippen molar-refractivity contribution in [2.75, 3.05) is 0 Å². The zero-order valence-corrected chi connectivity index (χ0v) is 10.6. The number of allylic oxidation sites excluding steroid dienone is 2. The summed E-state index contributed by atoms with van der Waals surface area (Å²) in [6.45, 7) is 6.33. The Labute approximate surface area is 102 Å². The highest BCUT2D eigenvalue weighted by molar-refractivity contribution is 5.68. The summed E-state index contributed by atoms with van der Waals surface area (Å²) in [7, 11) is 0. The zero-order valence-electron chi connectivity index (χ0n) is 10.6. The van der Waals surface area contributed by atoms with Gasteiger partial charge >= 0.3 is 0 Å². The molecule has 0 aliphatic carbocycles. The first kappa shape index (κ1) is 13.3. The largest absolute Gasteiger partial charge is 0.397 e. The molecule has 0 atom stereocenters. The normalized spacial score (nSPS) is 13.0. The molecule has 0 aliphatic rings. The van der Waals surface area contributed by atoms with E-state index in [9.17, 15) is 0 Å². The van der Waals surface area contributed by atoms with Crippen LogP contribution in [0.4, 0.5) is 0 Å². The van der Waals surface area contributed by atoms with E-state index in [1.54, 1.807) is 12.4 Å². The minimum atomic E-state index is 0.499. The molecule has 4 heteroatoms. The van der Waals surface area contributed by atoms with E-state index < -0.39 is 0 Å². The molecule has 0 saturated carbocycles. The number of nitrogens with one attached hydrogen (secondary N) is 1. The maximum atomic E-state index is 5.85. The lowest BCUT2D eigenvalue weighted by molar-refractivity contribution is 0.832. The van der Waals surface area contributed by atoms with Gasteiger partial charge in [-0.05, 0) is 30.5 Å². The van der Waals surface area contributed by atoms with Crippen molar-refractivity contribution in [2.45, 2.75) is 20.8 Å². The Morgan fingerprint density at radius 2 is 2.18 bits per heavy atom. The van der Waals surface area contributed by atoms with Gasteiger partial charge in [0, 0.05) is 18.0 Å². The molecule has 0 radical (unpaired) electrons. The number of hydrazine groups is 1. The first-order valence-electron chi connectivity index (χ1n) is 5.61. The third kappa shape index (κ3) is 3.92. The first-order chi connectivity index (χ1) is 8.04. The van der Waals surface area contributed by atoms with Gasteiger partial charge in [-0.15, -0.1) is 0 Å². The molecule has 1 aromatic rings. The number of nitrogens with zero attached hydrogens (tertiary/aromatic N) is 1. The summed E-state index contributed by atoms with van der Waals surface area (Å²) < 4.78 is 0. The maximum absolute atomic E-state index is 5.85. The van der Waals surface area contributed by atoms with E-state index in [0.717, 1.165) is 16.8 Å². The Morgan fingerprint density at radius 1 is 1.47 bits per heavy atom. The van der Waals surface area contributed by atoms with Gasteiger partial charge in [-0.2, -0.15) is 0 Å². The fraction of sp³-hybridized carbons (Fsp3) is 0.308. The van der Waals surface area contributed by atoms with Crippen LogP contribution in [0.5, 0.6) is 0 Å². The molecular formula is C13H20N4.